The molecule has 0 saturated carbocycles. The maximum Gasteiger partial charge on any atom is 0.336 e. The van der Waals surface area contributed by atoms with Gasteiger partial charge in [-0.15, -0.1) is 0 Å². The summed E-state index contributed by atoms with van der Waals surface area (Å²) in [4.78, 5) is 21.7. The first-order valence-corrected chi connectivity index (χ1v) is 13.3. The van der Waals surface area contributed by atoms with Crippen LogP contribution in [0.25, 0.3) is 44.6 Å². The van der Waals surface area contributed by atoms with Crippen molar-refractivity contribution in [1.29, 1.82) is 0 Å². The number of rotatable bonds is 7. The molecule has 2 aromatic heterocycles. The zero-order valence-electron chi connectivity index (χ0n) is 23.1. The molecular formula is C33H30N4O2Zn. The predicted molar refractivity (Wildman–Crippen MR) is 156 cm³/mol. The number of hydrogen-bond donors (Lipinski definition) is 1. The summed E-state index contributed by atoms with van der Waals surface area (Å²) < 4.78 is 4.47. The zero-order chi connectivity index (χ0) is 27.1. The van der Waals surface area contributed by atoms with Crippen molar-refractivity contribution in [2.45, 2.75) is 33.2 Å². The van der Waals surface area contributed by atoms with Crippen LogP contribution in [0.2, 0.25) is 0 Å². The van der Waals surface area contributed by atoms with Gasteiger partial charge in [-0.25, -0.2) is 14.8 Å². The molecule has 6 rings (SSSR count). The second kappa shape index (κ2) is 11.2. The molecule has 0 aliphatic carbocycles. The van der Waals surface area contributed by atoms with E-state index in [0.717, 1.165) is 74.4 Å². The fourth-order valence-corrected chi connectivity index (χ4v) is 5.46. The van der Waals surface area contributed by atoms with E-state index in [4.69, 9.17) is 9.97 Å². The average Bonchev–Trinajstić information content (AvgIpc) is 3.47. The van der Waals surface area contributed by atoms with Crippen molar-refractivity contribution in [3.05, 3.63) is 107 Å². The number of carboxylic acids is 1. The smallest absolute Gasteiger partial charge is 0.336 e. The van der Waals surface area contributed by atoms with Crippen molar-refractivity contribution in [1.82, 2.24) is 19.1 Å². The van der Waals surface area contributed by atoms with E-state index in [0.29, 0.717) is 12.1 Å². The molecule has 4 aromatic carbocycles. The molecule has 196 valence electrons. The minimum absolute atomic E-state index is 0. The van der Waals surface area contributed by atoms with Gasteiger partial charge < -0.3 is 14.2 Å². The fraction of sp³-hybridized carbons (Fsp3) is 0.182. The van der Waals surface area contributed by atoms with E-state index in [1.807, 2.05) is 42.5 Å². The largest absolute Gasteiger partial charge is 0.478 e. The van der Waals surface area contributed by atoms with Gasteiger partial charge in [0.2, 0.25) is 0 Å². The van der Waals surface area contributed by atoms with Crippen molar-refractivity contribution in [3.63, 3.8) is 0 Å². The molecule has 0 atom stereocenters. The molecule has 6 nitrogen and oxygen atoms in total. The third-order valence-electron chi connectivity index (χ3n) is 7.41. The monoisotopic (exact) mass is 578 g/mol. The van der Waals surface area contributed by atoms with Crippen LogP contribution >= 0.6 is 0 Å². The third-order valence-corrected chi connectivity index (χ3v) is 7.41. The Hall–Kier alpha value is -4.09. The first-order chi connectivity index (χ1) is 18.9. The number of nitrogens with zero attached hydrogens (tertiary/aromatic N) is 4. The number of carboxylic acid groups (broad SMARTS) is 1. The van der Waals surface area contributed by atoms with Crippen LogP contribution in [0.15, 0.2) is 84.9 Å². The molecule has 7 heteroatoms. The van der Waals surface area contributed by atoms with Gasteiger partial charge in [0.25, 0.3) is 0 Å². The van der Waals surface area contributed by atoms with Crippen LogP contribution in [-0.4, -0.2) is 30.2 Å². The van der Waals surface area contributed by atoms with Crippen LogP contribution in [0.5, 0.6) is 0 Å². The Morgan fingerprint density at radius 2 is 1.60 bits per heavy atom. The first-order valence-electron chi connectivity index (χ1n) is 13.3. The second-order valence-electron chi connectivity index (χ2n) is 10.1. The summed E-state index contributed by atoms with van der Waals surface area (Å²) in [7, 11) is 2.06. The zero-order valence-corrected chi connectivity index (χ0v) is 26.0. The van der Waals surface area contributed by atoms with Crippen molar-refractivity contribution in [2.75, 3.05) is 0 Å². The molecule has 0 unspecified atom stereocenters. The molecule has 0 aliphatic heterocycles. The predicted octanol–water partition coefficient (Wildman–Crippen LogP) is 7.26. The Morgan fingerprint density at radius 1 is 0.875 bits per heavy atom. The van der Waals surface area contributed by atoms with Gasteiger partial charge in [0, 0.05) is 45.1 Å². The molecule has 40 heavy (non-hydrogen) atoms. The summed E-state index contributed by atoms with van der Waals surface area (Å²) in [6.07, 6.45) is 1.89. The summed E-state index contributed by atoms with van der Waals surface area (Å²) in [5, 5.41) is 9.60. The number of carbonyl (C=O) groups is 1. The Balaban J connectivity index is 0.00000323. The van der Waals surface area contributed by atoms with Gasteiger partial charge >= 0.3 is 5.97 Å². The summed E-state index contributed by atoms with van der Waals surface area (Å²) in [5.74, 6) is 1.08. The van der Waals surface area contributed by atoms with Crippen LogP contribution in [0.4, 0.5) is 0 Å². The van der Waals surface area contributed by atoms with Gasteiger partial charge in [0.05, 0.1) is 27.6 Å². The Bertz CT molecular complexity index is 1850. The van der Waals surface area contributed by atoms with E-state index in [9.17, 15) is 9.90 Å². The van der Waals surface area contributed by atoms with E-state index >= 15 is 0 Å². The van der Waals surface area contributed by atoms with Gasteiger partial charge in [0.1, 0.15) is 11.6 Å². The standard InChI is InChI=1S/C33H30N4O2.Zn/c1-4-9-30-35-31-21(2)18-24(32-34-27-12-7-8-13-28(27)36(32)3)19-29(31)37(30)20-22-14-16-23(17-15-22)25-10-5-6-11-26(25)33(38)39;/h5-8,10-19H,4,9,20H2,1-3H3,(H,38,39);. The van der Waals surface area contributed by atoms with Gasteiger partial charge in [0.15, 0.2) is 0 Å². The molecule has 0 spiro atoms. The van der Waals surface area contributed by atoms with Crippen LogP contribution in [0, 0.1) is 6.92 Å². The second-order valence-corrected chi connectivity index (χ2v) is 10.1. The first kappa shape index (κ1) is 27.5. The van der Waals surface area contributed by atoms with E-state index in [-0.39, 0.29) is 19.5 Å². The fourth-order valence-electron chi connectivity index (χ4n) is 5.46. The van der Waals surface area contributed by atoms with Gasteiger partial charge in [-0.05, 0) is 65.9 Å². The van der Waals surface area contributed by atoms with E-state index in [1.54, 1.807) is 12.1 Å². The molecule has 0 bridgehead atoms. The Labute approximate surface area is 246 Å². The number of benzene rings is 4. The molecule has 0 amide bonds. The Morgan fingerprint density at radius 3 is 2.33 bits per heavy atom. The van der Waals surface area contributed by atoms with E-state index in [2.05, 4.69) is 60.4 Å². The molecule has 0 radical (unpaired) electrons. The molecule has 2 heterocycles. The molecular weight excluding hydrogens is 550 g/mol. The SMILES string of the molecule is CCCc1nc2c(C)cc(-c3nc4ccccc4n3C)cc2n1Cc1ccc(-c2ccccc2C(=O)O)cc1.[Zn]. The van der Waals surface area contributed by atoms with E-state index in [1.165, 1.54) is 0 Å². The average molecular weight is 580 g/mol. The topological polar surface area (TPSA) is 72.9 Å². The number of aromatic nitrogens is 4. The summed E-state index contributed by atoms with van der Waals surface area (Å²) in [6.45, 7) is 4.98. The number of aryl methyl sites for hydroxylation is 3. The van der Waals surface area contributed by atoms with Crippen LogP contribution in [-0.2, 0) is 39.5 Å². The minimum Gasteiger partial charge on any atom is -0.478 e. The van der Waals surface area contributed by atoms with Crippen molar-refractivity contribution >= 4 is 28.0 Å². The number of fused-ring (bicyclic) bond motifs is 2. The number of para-hydroxylation sites is 2. The van der Waals surface area contributed by atoms with Crippen molar-refractivity contribution in [3.8, 4) is 22.5 Å². The maximum atomic E-state index is 11.7. The van der Waals surface area contributed by atoms with Gasteiger partial charge in [-0.3, -0.25) is 0 Å². The van der Waals surface area contributed by atoms with Gasteiger partial charge in [-0.1, -0.05) is 61.5 Å². The van der Waals surface area contributed by atoms with Crippen LogP contribution in [0.3, 0.4) is 0 Å². The maximum absolute atomic E-state index is 11.7. The number of hydrogen-bond acceptors (Lipinski definition) is 3. The number of aromatic carboxylic acids is 1. The molecule has 1 N–H and O–H groups in total. The van der Waals surface area contributed by atoms with Gasteiger partial charge in [-0.2, -0.15) is 0 Å². The molecule has 0 fully saturated rings. The minimum atomic E-state index is -0.921. The summed E-state index contributed by atoms with van der Waals surface area (Å²) in [5.41, 5.74) is 9.46. The summed E-state index contributed by atoms with van der Waals surface area (Å²) >= 11 is 0. The Kier molecular flexibility index (Phi) is 7.68. The van der Waals surface area contributed by atoms with Crippen molar-refractivity contribution in [2.24, 2.45) is 7.05 Å². The molecule has 6 aromatic rings. The summed E-state index contributed by atoms with van der Waals surface area (Å²) in [6, 6.07) is 27.9. The normalized spacial score (nSPS) is 11.2. The molecule has 0 aliphatic rings. The quantitative estimate of drug-likeness (QED) is 0.202. The molecule has 0 saturated heterocycles. The van der Waals surface area contributed by atoms with Crippen molar-refractivity contribution < 1.29 is 29.4 Å². The van der Waals surface area contributed by atoms with Crippen LogP contribution in [0.1, 0.15) is 40.7 Å². The third kappa shape index (κ3) is 4.86. The van der Waals surface area contributed by atoms with Crippen LogP contribution < -0.4 is 0 Å². The number of imidazole rings is 2. The van der Waals surface area contributed by atoms with E-state index < -0.39 is 5.97 Å².